The fourth-order valence-electron chi connectivity index (χ4n) is 0.777. The summed E-state index contributed by atoms with van der Waals surface area (Å²) in [7, 11) is 0. The minimum atomic E-state index is -1.06. The maximum Gasteiger partial charge on any atom is 0.334 e. The summed E-state index contributed by atoms with van der Waals surface area (Å²) in [6.45, 7) is 9.20. The fraction of sp³-hybridized carbons (Fsp3) is 0.533. The van der Waals surface area contributed by atoms with Gasteiger partial charge in [0.1, 0.15) is 17.3 Å². The number of Topliss-reactive ketones (excluding diaryl/α,β-unsaturated/α-hetero) is 1. The topological polar surface area (TPSA) is 132 Å². The number of aliphatic hydroxyl groups excluding tert-OH is 2. The second-order valence-corrected chi connectivity index (χ2v) is 4.37. The minimum Gasteiger partial charge on any atom is -0.512 e. The third-order valence-corrected chi connectivity index (χ3v) is 2.18. The molecule has 0 unspecified atom stereocenters. The lowest BCUT2D eigenvalue weighted by Gasteiger charge is -1.95. The summed E-state index contributed by atoms with van der Waals surface area (Å²) in [5, 5.41) is 34.1. The largest absolute Gasteiger partial charge is 0.512 e. The molecule has 0 aliphatic rings. The molecule has 128 valence electrons. The number of rotatable bonds is 4. The molecule has 7 heteroatoms. The number of allylic oxidation sites excluding steroid dienone is 2. The van der Waals surface area contributed by atoms with Gasteiger partial charge in [0.05, 0.1) is 11.1 Å². The van der Waals surface area contributed by atoms with Gasteiger partial charge >= 0.3 is 11.9 Å². The minimum absolute atomic E-state index is 0.0255. The van der Waals surface area contributed by atoms with Crippen molar-refractivity contribution in [1.82, 2.24) is 0 Å². The van der Waals surface area contributed by atoms with Gasteiger partial charge in [0.2, 0.25) is 0 Å². The van der Waals surface area contributed by atoms with E-state index in [2.05, 4.69) is 0 Å². The molecule has 0 rings (SSSR count). The molecule has 0 spiro atoms. The highest BCUT2D eigenvalue weighted by Crippen LogP contribution is 2.03. The van der Waals surface area contributed by atoms with Gasteiger partial charge in [0, 0.05) is 12.8 Å². The lowest BCUT2D eigenvalue weighted by atomic mass is 10.2. The van der Waals surface area contributed by atoms with Gasteiger partial charge in [-0.15, -0.1) is 0 Å². The molecule has 0 aromatic carbocycles. The highest BCUT2D eigenvalue weighted by atomic mass is 16.4. The monoisotopic (exact) mass is 318 g/mol. The molecule has 0 saturated carbocycles. The van der Waals surface area contributed by atoms with Gasteiger partial charge in [-0.25, -0.2) is 9.59 Å². The van der Waals surface area contributed by atoms with E-state index < -0.39 is 11.9 Å². The van der Waals surface area contributed by atoms with Gasteiger partial charge in [0.25, 0.3) is 0 Å². The van der Waals surface area contributed by atoms with Gasteiger partial charge < -0.3 is 25.2 Å². The van der Waals surface area contributed by atoms with Crippen molar-refractivity contribution in [2.45, 2.75) is 54.4 Å². The van der Waals surface area contributed by atoms with E-state index in [4.69, 9.17) is 20.4 Å². The Kier molecular flexibility index (Phi) is 15.3. The van der Waals surface area contributed by atoms with Gasteiger partial charge in [-0.2, -0.15) is 0 Å². The van der Waals surface area contributed by atoms with Crippen molar-refractivity contribution >= 4 is 17.7 Å². The van der Waals surface area contributed by atoms with Crippen molar-refractivity contribution < 1.29 is 34.8 Å². The van der Waals surface area contributed by atoms with E-state index in [-0.39, 0.29) is 28.4 Å². The maximum atomic E-state index is 10.1. The normalized spacial score (nSPS) is 11.5. The van der Waals surface area contributed by atoms with E-state index in [0.29, 0.717) is 12.8 Å². The second-order valence-electron chi connectivity index (χ2n) is 4.37. The Bertz CT molecular complexity index is 405. The van der Waals surface area contributed by atoms with Crippen LogP contribution in [0.2, 0.25) is 0 Å². The number of hydrogen-bond acceptors (Lipinski definition) is 5. The van der Waals surface area contributed by atoms with Crippen LogP contribution in [0, 0.1) is 0 Å². The van der Waals surface area contributed by atoms with Crippen LogP contribution < -0.4 is 0 Å². The molecule has 0 saturated heterocycles. The quantitative estimate of drug-likeness (QED) is 0.462. The molecular formula is C15H26O7. The third kappa shape index (κ3) is 15.7. The fourth-order valence-corrected chi connectivity index (χ4v) is 0.777. The second kappa shape index (κ2) is 13.7. The van der Waals surface area contributed by atoms with E-state index in [1.165, 1.54) is 27.7 Å². The molecule has 0 atom stereocenters. The first-order valence-corrected chi connectivity index (χ1v) is 6.63. The van der Waals surface area contributed by atoms with Crippen LogP contribution in [-0.2, 0) is 14.4 Å². The van der Waals surface area contributed by atoms with Crippen molar-refractivity contribution in [1.29, 1.82) is 0 Å². The van der Waals surface area contributed by atoms with E-state index in [0.717, 1.165) is 0 Å². The number of aliphatic hydroxyl groups is 2. The van der Waals surface area contributed by atoms with Crippen LogP contribution in [0.25, 0.3) is 0 Å². The summed E-state index contributed by atoms with van der Waals surface area (Å²) in [6, 6.07) is 0. The van der Waals surface area contributed by atoms with Crippen LogP contribution in [0.5, 0.6) is 0 Å². The summed E-state index contributed by atoms with van der Waals surface area (Å²) >= 11 is 0. The average molecular weight is 318 g/mol. The molecule has 0 fully saturated rings. The number of carbonyl (C=O) groups excluding carboxylic acids is 1. The predicted molar refractivity (Wildman–Crippen MR) is 82.9 cm³/mol. The van der Waals surface area contributed by atoms with Crippen molar-refractivity contribution in [3.8, 4) is 0 Å². The lowest BCUT2D eigenvalue weighted by Crippen LogP contribution is -1.99. The van der Waals surface area contributed by atoms with Gasteiger partial charge in [-0.05, 0) is 27.7 Å². The molecule has 0 bridgehead atoms. The average Bonchev–Trinajstić information content (AvgIpc) is 2.43. The SMILES string of the molecule is CC(C)=O.CC/C(O)=C(/C)C(=O)O.CC/C(O)=C(/C)C(=O)O. The molecule has 0 aliphatic heterocycles. The molecule has 0 radical (unpaired) electrons. The zero-order valence-electron chi connectivity index (χ0n) is 13.9. The Labute approximate surface area is 130 Å². The van der Waals surface area contributed by atoms with Crippen LogP contribution in [0.4, 0.5) is 0 Å². The highest BCUT2D eigenvalue weighted by molar-refractivity contribution is 5.86. The highest BCUT2D eigenvalue weighted by Gasteiger charge is 2.05. The van der Waals surface area contributed by atoms with E-state index in [1.807, 2.05) is 0 Å². The van der Waals surface area contributed by atoms with Crippen LogP contribution in [-0.4, -0.2) is 38.1 Å². The Morgan fingerprint density at radius 2 is 0.818 bits per heavy atom. The summed E-state index contributed by atoms with van der Waals surface area (Å²) in [5.41, 5.74) is 0.0509. The standard InChI is InChI=1S/2C6H10O3.C3H6O/c2*1-3-5(7)4(2)6(8)9;1-3(2)4/h2*7H,3H2,1-2H3,(H,8,9);1-2H3/b2*5-4+;. The zero-order valence-corrected chi connectivity index (χ0v) is 13.9. The van der Waals surface area contributed by atoms with Gasteiger partial charge in [-0.1, -0.05) is 13.8 Å². The molecule has 4 N–H and O–H groups in total. The summed E-state index contributed by atoms with van der Waals surface area (Å²) in [5.74, 6) is -2.06. The number of ketones is 1. The zero-order chi connectivity index (χ0) is 18.5. The van der Waals surface area contributed by atoms with E-state index in [1.54, 1.807) is 13.8 Å². The van der Waals surface area contributed by atoms with Crippen LogP contribution >= 0.6 is 0 Å². The van der Waals surface area contributed by atoms with Crippen LogP contribution in [0.1, 0.15) is 54.4 Å². The summed E-state index contributed by atoms with van der Waals surface area (Å²) in [6.07, 6.45) is 0.746. The van der Waals surface area contributed by atoms with Crippen molar-refractivity contribution in [3.63, 3.8) is 0 Å². The maximum absolute atomic E-state index is 10.1. The summed E-state index contributed by atoms with van der Waals surface area (Å²) in [4.78, 5) is 29.6. The molecular weight excluding hydrogens is 292 g/mol. The summed E-state index contributed by atoms with van der Waals surface area (Å²) < 4.78 is 0. The number of carbonyl (C=O) groups is 3. The first kappa shape index (κ1) is 24.7. The number of carboxylic acids is 2. The van der Waals surface area contributed by atoms with Gasteiger partial charge in [-0.3, -0.25) is 0 Å². The lowest BCUT2D eigenvalue weighted by molar-refractivity contribution is -0.133. The van der Waals surface area contributed by atoms with Crippen molar-refractivity contribution in [2.24, 2.45) is 0 Å². The van der Waals surface area contributed by atoms with Crippen molar-refractivity contribution in [3.05, 3.63) is 22.7 Å². The first-order valence-electron chi connectivity index (χ1n) is 6.63. The van der Waals surface area contributed by atoms with Crippen molar-refractivity contribution in [2.75, 3.05) is 0 Å². The molecule has 7 nitrogen and oxygen atoms in total. The van der Waals surface area contributed by atoms with Gasteiger partial charge in [0.15, 0.2) is 0 Å². The van der Waals surface area contributed by atoms with Crippen LogP contribution in [0.15, 0.2) is 22.7 Å². The molecule has 0 heterocycles. The Morgan fingerprint density at radius 1 is 0.636 bits per heavy atom. The first-order chi connectivity index (χ1) is 9.91. The van der Waals surface area contributed by atoms with E-state index >= 15 is 0 Å². The predicted octanol–water partition coefficient (Wildman–Crippen LogP) is 3.22. The number of hydrogen-bond donors (Lipinski definition) is 4. The third-order valence-electron chi connectivity index (χ3n) is 2.18. The number of carboxylic acid groups (broad SMARTS) is 2. The smallest absolute Gasteiger partial charge is 0.334 e. The molecule has 0 aromatic heterocycles. The molecule has 0 aliphatic carbocycles. The van der Waals surface area contributed by atoms with E-state index in [9.17, 15) is 14.4 Å². The molecule has 0 amide bonds. The molecule has 0 aromatic rings. The molecule has 22 heavy (non-hydrogen) atoms. The Hall–Kier alpha value is -2.31. The number of aliphatic carboxylic acids is 2. The Balaban J connectivity index is -0.000000266. The van der Waals surface area contributed by atoms with Crippen LogP contribution in [0.3, 0.4) is 0 Å². The Morgan fingerprint density at radius 3 is 0.864 bits per heavy atom.